The summed E-state index contributed by atoms with van der Waals surface area (Å²) in [6.45, 7) is 2.18. The van der Waals surface area contributed by atoms with Crippen molar-refractivity contribution in [3.63, 3.8) is 0 Å². The average Bonchev–Trinajstić information content (AvgIpc) is 2.65. The molecule has 0 aliphatic heterocycles. The molecule has 2 amide bonds. The van der Waals surface area contributed by atoms with Crippen LogP contribution < -0.4 is 5.32 Å². The van der Waals surface area contributed by atoms with Gasteiger partial charge in [-0.3, -0.25) is 14.6 Å². The number of hydrogen-bond donors (Lipinski definition) is 1. The van der Waals surface area contributed by atoms with E-state index < -0.39 is 5.97 Å². The molecule has 0 saturated heterocycles. The molecule has 1 heterocycles. The van der Waals surface area contributed by atoms with E-state index in [4.69, 9.17) is 0 Å². The van der Waals surface area contributed by atoms with Crippen LogP contribution in [0, 0.1) is 0 Å². The van der Waals surface area contributed by atoms with Crippen LogP contribution in [-0.2, 0) is 20.9 Å². The van der Waals surface area contributed by atoms with Crippen LogP contribution in [0.5, 0.6) is 0 Å². The summed E-state index contributed by atoms with van der Waals surface area (Å²) < 4.78 is 4.63. The molecule has 0 unspecified atom stereocenters. The van der Waals surface area contributed by atoms with Crippen molar-refractivity contribution in [2.75, 3.05) is 19.0 Å². The summed E-state index contributed by atoms with van der Waals surface area (Å²) in [6.07, 6.45) is 3.53. The molecule has 0 saturated carbocycles. The van der Waals surface area contributed by atoms with Crippen molar-refractivity contribution < 1.29 is 19.1 Å². The Morgan fingerprint density at radius 2 is 1.88 bits per heavy atom. The second-order valence-electron chi connectivity index (χ2n) is 5.67. The summed E-state index contributed by atoms with van der Waals surface area (Å²) in [4.78, 5) is 40.9. The number of pyridine rings is 1. The molecule has 0 aliphatic carbocycles. The number of rotatable bonds is 7. The third-order valence-corrected chi connectivity index (χ3v) is 3.74. The van der Waals surface area contributed by atoms with Gasteiger partial charge in [-0.2, -0.15) is 0 Å². The largest absolute Gasteiger partial charge is 0.465 e. The predicted molar refractivity (Wildman–Crippen MR) is 96.4 cm³/mol. The number of benzene rings is 1. The van der Waals surface area contributed by atoms with Crippen molar-refractivity contribution in [2.45, 2.75) is 19.9 Å². The number of aromatic nitrogens is 1. The van der Waals surface area contributed by atoms with Gasteiger partial charge in [0.2, 0.25) is 11.8 Å². The number of amides is 2. The van der Waals surface area contributed by atoms with Crippen LogP contribution in [-0.4, -0.2) is 41.3 Å². The van der Waals surface area contributed by atoms with Crippen LogP contribution in [0.3, 0.4) is 0 Å². The van der Waals surface area contributed by atoms with Crippen LogP contribution in [0.1, 0.15) is 29.3 Å². The molecule has 7 nitrogen and oxygen atoms in total. The summed E-state index contributed by atoms with van der Waals surface area (Å²) in [5.41, 5.74) is 1.88. The van der Waals surface area contributed by atoms with Gasteiger partial charge in [0.1, 0.15) is 0 Å². The topological polar surface area (TPSA) is 88.6 Å². The molecule has 0 atom stereocenters. The molecule has 0 aliphatic rings. The number of anilines is 1. The van der Waals surface area contributed by atoms with Crippen molar-refractivity contribution in [1.82, 2.24) is 9.88 Å². The lowest BCUT2D eigenvalue weighted by molar-refractivity contribution is -0.129. The Morgan fingerprint density at radius 1 is 1.15 bits per heavy atom. The molecule has 136 valence electrons. The third-order valence-electron chi connectivity index (χ3n) is 3.74. The minimum absolute atomic E-state index is 0.107. The van der Waals surface area contributed by atoms with Gasteiger partial charge in [-0.05, 0) is 35.9 Å². The van der Waals surface area contributed by atoms with E-state index in [-0.39, 0.29) is 18.2 Å². The van der Waals surface area contributed by atoms with Gasteiger partial charge in [0, 0.05) is 44.5 Å². The lowest BCUT2D eigenvalue weighted by Crippen LogP contribution is -2.31. The van der Waals surface area contributed by atoms with Gasteiger partial charge in [-0.1, -0.05) is 6.07 Å². The van der Waals surface area contributed by atoms with Crippen LogP contribution in [0.2, 0.25) is 0 Å². The van der Waals surface area contributed by atoms with Gasteiger partial charge >= 0.3 is 5.97 Å². The Balaban J connectivity index is 1.87. The van der Waals surface area contributed by atoms with E-state index in [1.807, 2.05) is 6.07 Å². The van der Waals surface area contributed by atoms with Gasteiger partial charge in [0.05, 0.1) is 12.7 Å². The van der Waals surface area contributed by atoms with Crippen molar-refractivity contribution >= 4 is 23.5 Å². The minimum Gasteiger partial charge on any atom is -0.465 e. The summed E-state index contributed by atoms with van der Waals surface area (Å²) in [7, 11) is 1.31. The van der Waals surface area contributed by atoms with E-state index in [1.165, 1.54) is 14.0 Å². The fraction of sp³-hybridized carbons (Fsp3) is 0.263. The SMILES string of the molecule is COC(=O)c1ccc(NC(=O)CCN(Cc2cccnc2)C(C)=O)cc1. The Bertz CT molecular complexity index is 760. The van der Waals surface area contributed by atoms with E-state index in [9.17, 15) is 14.4 Å². The maximum absolute atomic E-state index is 12.1. The highest BCUT2D eigenvalue weighted by Crippen LogP contribution is 2.11. The molecule has 1 aromatic carbocycles. The first kappa shape index (κ1) is 19.1. The molecule has 26 heavy (non-hydrogen) atoms. The van der Waals surface area contributed by atoms with Crippen LogP contribution in [0.4, 0.5) is 5.69 Å². The number of ether oxygens (including phenoxy) is 1. The second kappa shape index (κ2) is 9.31. The Labute approximate surface area is 152 Å². The molecule has 0 radical (unpaired) electrons. The highest BCUT2D eigenvalue weighted by molar-refractivity contribution is 5.93. The maximum Gasteiger partial charge on any atom is 0.337 e. The van der Waals surface area contributed by atoms with Crippen molar-refractivity contribution in [3.05, 3.63) is 59.9 Å². The number of hydrogen-bond acceptors (Lipinski definition) is 5. The van der Waals surface area contributed by atoms with E-state index in [2.05, 4.69) is 15.0 Å². The summed E-state index contributed by atoms with van der Waals surface area (Å²) in [5, 5.41) is 2.74. The molecule has 2 aromatic rings. The normalized spacial score (nSPS) is 10.1. The molecule has 0 bridgehead atoms. The molecular weight excluding hydrogens is 334 g/mol. The molecule has 1 aromatic heterocycles. The lowest BCUT2D eigenvalue weighted by atomic mass is 10.2. The van der Waals surface area contributed by atoms with Gasteiger partial charge in [-0.25, -0.2) is 4.79 Å². The van der Waals surface area contributed by atoms with Crippen LogP contribution in [0.25, 0.3) is 0 Å². The number of esters is 1. The van der Waals surface area contributed by atoms with Crippen molar-refractivity contribution in [3.8, 4) is 0 Å². The number of nitrogens with one attached hydrogen (secondary N) is 1. The summed E-state index contributed by atoms with van der Waals surface area (Å²) >= 11 is 0. The first-order chi connectivity index (χ1) is 12.5. The van der Waals surface area contributed by atoms with Crippen molar-refractivity contribution in [1.29, 1.82) is 0 Å². The maximum atomic E-state index is 12.1. The van der Waals surface area contributed by atoms with Crippen LogP contribution >= 0.6 is 0 Å². The molecule has 0 spiro atoms. The van der Waals surface area contributed by atoms with E-state index in [0.29, 0.717) is 24.3 Å². The number of carbonyl (C=O) groups is 3. The zero-order valence-electron chi connectivity index (χ0n) is 14.8. The lowest BCUT2D eigenvalue weighted by Gasteiger charge is -2.20. The number of carbonyl (C=O) groups excluding carboxylic acids is 3. The van der Waals surface area contributed by atoms with Gasteiger partial charge < -0.3 is 15.0 Å². The highest BCUT2D eigenvalue weighted by atomic mass is 16.5. The first-order valence-electron chi connectivity index (χ1n) is 8.12. The smallest absolute Gasteiger partial charge is 0.337 e. The van der Waals surface area contributed by atoms with E-state index in [0.717, 1.165) is 5.56 Å². The van der Waals surface area contributed by atoms with E-state index in [1.54, 1.807) is 47.6 Å². The Hall–Kier alpha value is -3.22. The van der Waals surface area contributed by atoms with Gasteiger partial charge in [0.15, 0.2) is 0 Å². The van der Waals surface area contributed by atoms with Gasteiger partial charge in [-0.15, -0.1) is 0 Å². The molecule has 0 fully saturated rings. The Morgan fingerprint density at radius 3 is 2.46 bits per heavy atom. The molecular formula is C19H21N3O4. The van der Waals surface area contributed by atoms with Crippen molar-refractivity contribution in [2.24, 2.45) is 0 Å². The second-order valence-corrected chi connectivity index (χ2v) is 5.67. The van der Waals surface area contributed by atoms with E-state index >= 15 is 0 Å². The average molecular weight is 355 g/mol. The fourth-order valence-electron chi connectivity index (χ4n) is 2.33. The fourth-order valence-corrected chi connectivity index (χ4v) is 2.33. The van der Waals surface area contributed by atoms with Crippen LogP contribution in [0.15, 0.2) is 48.8 Å². The molecule has 2 rings (SSSR count). The Kier molecular flexibility index (Phi) is 6.84. The standard InChI is InChI=1S/C19H21N3O4/c1-14(23)22(13-15-4-3-10-20-12-15)11-9-18(24)21-17-7-5-16(6-8-17)19(25)26-2/h3-8,10,12H,9,11,13H2,1-2H3,(H,21,24). The number of methoxy groups -OCH3 is 1. The third kappa shape index (κ3) is 5.70. The zero-order chi connectivity index (χ0) is 18.9. The number of nitrogens with zero attached hydrogens (tertiary/aromatic N) is 2. The first-order valence-corrected chi connectivity index (χ1v) is 8.12. The quantitative estimate of drug-likeness (QED) is 0.770. The summed E-state index contributed by atoms with van der Waals surface area (Å²) in [5.74, 6) is -0.757. The van der Waals surface area contributed by atoms with Gasteiger partial charge in [0.25, 0.3) is 0 Å². The predicted octanol–water partition coefficient (Wildman–Crippen LogP) is 2.25. The zero-order valence-corrected chi connectivity index (χ0v) is 14.8. The molecule has 7 heteroatoms. The monoisotopic (exact) mass is 355 g/mol. The minimum atomic E-state index is -0.435. The molecule has 1 N–H and O–H groups in total. The highest BCUT2D eigenvalue weighted by Gasteiger charge is 2.12. The summed E-state index contributed by atoms with van der Waals surface area (Å²) in [6, 6.07) is 10.1.